The molecule has 98 valence electrons. The summed E-state index contributed by atoms with van der Waals surface area (Å²) in [7, 11) is 0. The largest absolute Gasteiger partial charge is 0.350 e. The highest BCUT2D eigenvalue weighted by molar-refractivity contribution is 6.29. The van der Waals surface area contributed by atoms with E-state index in [1.807, 2.05) is 0 Å². The smallest absolute Gasteiger partial charge is 0.312 e. The van der Waals surface area contributed by atoms with E-state index in [4.69, 9.17) is 11.6 Å². The minimum atomic E-state index is -0.507. The van der Waals surface area contributed by atoms with Gasteiger partial charge in [-0.25, -0.2) is 0 Å². The van der Waals surface area contributed by atoms with Crippen LogP contribution in [0.1, 0.15) is 11.4 Å². The van der Waals surface area contributed by atoms with E-state index in [9.17, 15) is 14.9 Å². The van der Waals surface area contributed by atoms with Crippen LogP contribution in [0.25, 0.3) is 0 Å². The Bertz CT molecular complexity index is 509. The molecule has 1 N–H and O–H groups in total. The highest BCUT2D eigenvalue weighted by atomic mass is 35.5. The van der Waals surface area contributed by atoms with E-state index in [0.717, 1.165) is 0 Å². The van der Waals surface area contributed by atoms with Gasteiger partial charge in [0.25, 0.3) is 0 Å². The number of carbonyl (C=O) groups is 1. The maximum absolute atomic E-state index is 11.5. The summed E-state index contributed by atoms with van der Waals surface area (Å²) in [6, 6.07) is 0. The molecule has 0 saturated carbocycles. The van der Waals surface area contributed by atoms with Crippen molar-refractivity contribution in [2.75, 3.05) is 6.54 Å². The Hall–Kier alpha value is -1.89. The van der Waals surface area contributed by atoms with Crippen LogP contribution < -0.4 is 5.32 Å². The van der Waals surface area contributed by atoms with E-state index in [2.05, 4.69) is 17.0 Å². The second-order valence-electron chi connectivity index (χ2n) is 3.73. The molecule has 0 bridgehead atoms. The first-order valence-corrected chi connectivity index (χ1v) is 5.49. The molecule has 8 heteroatoms. The molecule has 0 aliphatic rings. The number of halogens is 1. The number of hydrogen-bond donors (Lipinski definition) is 1. The summed E-state index contributed by atoms with van der Waals surface area (Å²) in [6.45, 7) is 6.57. The number of amides is 1. The Labute approximate surface area is 109 Å². The zero-order chi connectivity index (χ0) is 13.9. The van der Waals surface area contributed by atoms with Crippen molar-refractivity contribution in [3.63, 3.8) is 0 Å². The van der Waals surface area contributed by atoms with Crippen LogP contribution in [0.3, 0.4) is 0 Å². The van der Waals surface area contributed by atoms with Crippen LogP contribution in [0.4, 0.5) is 5.69 Å². The van der Waals surface area contributed by atoms with Crippen LogP contribution >= 0.6 is 11.6 Å². The predicted octanol–water partition coefficient (Wildman–Crippen LogP) is 1.28. The van der Waals surface area contributed by atoms with Crippen LogP contribution in [0, 0.1) is 24.0 Å². The van der Waals surface area contributed by atoms with Crippen LogP contribution in [0.2, 0.25) is 0 Å². The monoisotopic (exact) mass is 272 g/mol. The predicted molar refractivity (Wildman–Crippen MR) is 66.4 cm³/mol. The lowest BCUT2D eigenvalue weighted by molar-refractivity contribution is -0.386. The summed E-state index contributed by atoms with van der Waals surface area (Å²) >= 11 is 5.51. The number of nitrogens with zero attached hydrogens (tertiary/aromatic N) is 3. The van der Waals surface area contributed by atoms with E-state index < -0.39 is 4.92 Å². The van der Waals surface area contributed by atoms with Crippen LogP contribution in [0.15, 0.2) is 11.6 Å². The third-order valence-electron chi connectivity index (χ3n) is 2.30. The molecule has 0 radical (unpaired) electrons. The van der Waals surface area contributed by atoms with Crippen LogP contribution in [0.5, 0.6) is 0 Å². The Kier molecular flexibility index (Phi) is 4.43. The van der Waals surface area contributed by atoms with Crippen molar-refractivity contribution in [3.05, 3.63) is 33.1 Å². The highest BCUT2D eigenvalue weighted by Gasteiger charge is 2.22. The number of hydrogen-bond acceptors (Lipinski definition) is 4. The average molecular weight is 273 g/mol. The molecule has 18 heavy (non-hydrogen) atoms. The van der Waals surface area contributed by atoms with E-state index in [0.29, 0.717) is 10.7 Å². The summed E-state index contributed by atoms with van der Waals surface area (Å²) in [6.07, 6.45) is 0. The molecule has 1 aromatic rings. The van der Waals surface area contributed by atoms with E-state index >= 15 is 0 Å². The molecular formula is C10H13ClN4O3. The molecule has 1 rings (SSSR count). The van der Waals surface area contributed by atoms with Crippen molar-refractivity contribution in [1.29, 1.82) is 0 Å². The number of nitrogens with one attached hydrogen (secondary N) is 1. The summed E-state index contributed by atoms with van der Waals surface area (Å²) in [5.74, 6) is -0.336. The molecule has 0 unspecified atom stereocenters. The third-order valence-corrected chi connectivity index (χ3v) is 2.43. The number of carbonyl (C=O) groups excluding carboxylic acids is 1. The normalized spacial score (nSPS) is 10.2. The van der Waals surface area contributed by atoms with Crippen LogP contribution in [-0.4, -0.2) is 27.2 Å². The zero-order valence-corrected chi connectivity index (χ0v) is 10.8. The maximum Gasteiger partial charge on any atom is 0.312 e. The van der Waals surface area contributed by atoms with Gasteiger partial charge in [-0.15, -0.1) is 0 Å². The lowest BCUT2D eigenvalue weighted by Gasteiger charge is -2.05. The molecule has 0 aromatic carbocycles. The van der Waals surface area contributed by atoms with Crippen molar-refractivity contribution >= 4 is 23.2 Å². The molecule has 1 amide bonds. The molecule has 1 heterocycles. The molecule has 7 nitrogen and oxygen atoms in total. The van der Waals surface area contributed by atoms with Gasteiger partial charge in [0.15, 0.2) is 0 Å². The van der Waals surface area contributed by atoms with Crippen molar-refractivity contribution in [1.82, 2.24) is 15.1 Å². The first-order valence-electron chi connectivity index (χ1n) is 5.11. The highest BCUT2D eigenvalue weighted by Crippen LogP contribution is 2.21. The van der Waals surface area contributed by atoms with E-state index in [1.54, 1.807) is 6.92 Å². The standard InChI is InChI=1S/C10H13ClN4O3/c1-6(11)4-12-9(16)5-14-8(3)10(15(17)18)7(2)13-14/h1,4-5H2,2-3H3,(H,12,16). The van der Waals surface area contributed by atoms with Gasteiger partial charge in [-0.05, 0) is 13.8 Å². The Balaban J connectivity index is 2.80. The molecule has 0 saturated heterocycles. The molecule has 1 aromatic heterocycles. The summed E-state index contributed by atoms with van der Waals surface area (Å²) in [4.78, 5) is 21.8. The first kappa shape index (κ1) is 14.2. The second kappa shape index (κ2) is 5.63. The van der Waals surface area contributed by atoms with E-state index in [-0.39, 0.29) is 30.4 Å². The van der Waals surface area contributed by atoms with Gasteiger partial charge in [-0.2, -0.15) is 5.10 Å². The van der Waals surface area contributed by atoms with Gasteiger partial charge in [-0.3, -0.25) is 19.6 Å². The summed E-state index contributed by atoms with van der Waals surface area (Å²) < 4.78 is 1.29. The van der Waals surface area contributed by atoms with Gasteiger partial charge in [0, 0.05) is 5.03 Å². The average Bonchev–Trinajstić information content (AvgIpc) is 2.51. The van der Waals surface area contributed by atoms with Crippen molar-refractivity contribution in [2.24, 2.45) is 0 Å². The van der Waals surface area contributed by atoms with Gasteiger partial charge < -0.3 is 5.32 Å². The molecule has 0 spiro atoms. The first-order chi connectivity index (χ1) is 8.32. The second-order valence-corrected chi connectivity index (χ2v) is 4.26. The van der Waals surface area contributed by atoms with Crippen molar-refractivity contribution in [3.8, 4) is 0 Å². The Morgan fingerprint density at radius 3 is 2.67 bits per heavy atom. The molecular weight excluding hydrogens is 260 g/mol. The molecule has 0 aliphatic heterocycles. The summed E-state index contributed by atoms with van der Waals surface area (Å²) in [5.41, 5.74) is 0.564. The fourth-order valence-corrected chi connectivity index (χ4v) is 1.56. The molecule has 0 fully saturated rings. The van der Waals surface area contributed by atoms with E-state index in [1.165, 1.54) is 11.6 Å². The van der Waals surface area contributed by atoms with Gasteiger partial charge in [-0.1, -0.05) is 18.2 Å². The quantitative estimate of drug-likeness (QED) is 0.646. The lowest BCUT2D eigenvalue weighted by Crippen LogP contribution is -2.29. The topological polar surface area (TPSA) is 90.1 Å². The Morgan fingerprint density at radius 1 is 1.61 bits per heavy atom. The minimum absolute atomic E-state index is 0.0652. The van der Waals surface area contributed by atoms with Gasteiger partial charge in [0.05, 0.1) is 11.5 Å². The number of nitro groups is 1. The van der Waals surface area contributed by atoms with Gasteiger partial charge in [0.1, 0.15) is 17.9 Å². The van der Waals surface area contributed by atoms with Crippen LogP contribution in [-0.2, 0) is 11.3 Å². The fraction of sp³-hybridized carbons (Fsp3) is 0.400. The molecule has 0 aliphatic carbocycles. The zero-order valence-electron chi connectivity index (χ0n) is 10.1. The third kappa shape index (κ3) is 3.30. The number of rotatable bonds is 5. The maximum atomic E-state index is 11.5. The van der Waals surface area contributed by atoms with Crippen molar-refractivity contribution in [2.45, 2.75) is 20.4 Å². The SMILES string of the molecule is C=C(Cl)CNC(=O)Cn1nc(C)c([N+](=O)[O-])c1C. The molecule has 0 atom stereocenters. The Morgan fingerprint density at radius 2 is 2.22 bits per heavy atom. The minimum Gasteiger partial charge on any atom is -0.350 e. The fourth-order valence-electron chi connectivity index (χ4n) is 1.49. The lowest BCUT2D eigenvalue weighted by atomic mass is 10.3. The van der Waals surface area contributed by atoms with Gasteiger partial charge >= 0.3 is 5.69 Å². The number of aromatic nitrogens is 2. The summed E-state index contributed by atoms with van der Waals surface area (Å²) in [5, 5.41) is 17.6. The number of aryl methyl sites for hydroxylation is 1. The van der Waals surface area contributed by atoms with Gasteiger partial charge in [0.2, 0.25) is 5.91 Å². The van der Waals surface area contributed by atoms with Crippen molar-refractivity contribution < 1.29 is 9.72 Å².